The van der Waals surface area contributed by atoms with Crippen LogP contribution in [0.5, 0.6) is 11.5 Å². The molecule has 0 N–H and O–H groups in total. The molecule has 0 saturated carbocycles. The second-order valence-electron chi connectivity index (χ2n) is 19.8. The van der Waals surface area contributed by atoms with E-state index in [0.717, 1.165) is 49.9 Å². The predicted molar refractivity (Wildman–Crippen MR) is 233 cm³/mol. The van der Waals surface area contributed by atoms with Gasteiger partial charge in [0.15, 0.2) is 0 Å². The van der Waals surface area contributed by atoms with Crippen molar-refractivity contribution < 1.29 is 7.53 Å². The maximum absolute atomic E-state index is 7.18. The van der Waals surface area contributed by atoms with E-state index < -0.39 is 32.0 Å². The van der Waals surface area contributed by atoms with Gasteiger partial charge >= 0.3 is 347 Å². The van der Waals surface area contributed by atoms with Crippen LogP contribution >= 0.6 is 15.9 Å². The van der Waals surface area contributed by atoms with Crippen LogP contribution < -0.4 is 7.53 Å². The summed E-state index contributed by atoms with van der Waals surface area (Å²) in [4.78, 5) is 10.6. The molecule has 6 nitrogen and oxygen atoms in total. The third-order valence-electron chi connectivity index (χ3n) is 7.98. The molecule has 288 valence electrons. The van der Waals surface area contributed by atoms with Crippen LogP contribution in [-0.2, 0) is 10.8 Å². The number of benzene rings is 3. The van der Waals surface area contributed by atoms with Gasteiger partial charge in [-0.05, 0) is 0 Å². The van der Waals surface area contributed by atoms with Gasteiger partial charge in [0.05, 0.1) is 0 Å². The van der Waals surface area contributed by atoms with Crippen molar-refractivity contribution in [2.24, 2.45) is 9.98 Å². The maximum atomic E-state index is 7.18. The standard InChI is InChI=1S/C44H65BrGe2N4O2/c1-39(2,3)32-29-33(40(4,5)6)36(53-47-51(44(16,17)18)38(49-42(10,11)12)31-27-23-20-24-28-31)34(45)35(32)52-46-50(43(13,14)15)37(48-41(7,8)9)30-25-21-19-22-26-30/h19-29H,1-18H3. The predicted octanol–water partition coefficient (Wildman–Crippen LogP) is 11.6. The van der Waals surface area contributed by atoms with Crippen molar-refractivity contribution in [3.8, 4) is 11.5 Å². The molecule has 0 heterocycles. The van der Waals surface area contributed by atoms with Gasteiger partial charge in [-0.3, -0.25) is 0 Å². The SMILES string of the molecule is CC(C)(C)N=C(c1ccccc1)[N]([Ge][O]c1c(C(C)(C)C)cc(C(C)(C)C)c([O][Ge][N](C(=NC(C)(C)C)c2ccccc2)C(C)(C)C)c1Br)C(C)(C)C. The quantitative estimate of drug-likeness (QED) is 0.128. The number of halogens is 1. The zero-order valence-corrected chi connectivity index (χ0v) is 41.6. The summed E-state index contributed by atoms with van der Waals surface area (Å²) in [6, 6.07) is 23.4. The first-order valence-corrected chi connectivity index (χ1v) is 23.0. The summed E-state index contributed by atoms with van der Waals surface area (Å²) in [5, 5.41) is 0. The molecule has 3 rings (SSSR count). The van der Waals surface area contributed by atoms with Crippen molar-refractivity contribution in [3.05, 3.63) is 93.5 Å². The fourth-order valence-corrected chi connectivity index (χ4v) is 10.5. The van der Waals surface area contributed by atoms with Crippen LogP contribution in [0.15, 0.2) is 81.2 Å². The van der Waals surface area contributed by atoms with Crippen LogP contribution in [-0.4, -0.2) is 73.5 Å². The zero-order chi connectivity index (χ0) is 40.4. The second-order valence-corrected chi connectivity index (χ2v) is 24.1. The summed E-state index contributed by atoms with van der Waals surface area (Å²) in [5.74, 6) is 3.61. The molecule has 0 aliphatic rings. The van der Waals surface area contributed by atoms with Gasteiger partial charge < -0.3 is 0 Å². The molecule has 0 bridgehead atoms. The van der Waals surface area contributed by atoms with E-state index in [2.05, 4.69) is 215 Å². The summed E-state index contributed by atoms with van der Waals surface area (Å²) < 4.78 is 20.0. The van der Waals surface area contributed by atoms with Crippen molar-refractivity contribution in [2.45, 2.75) is 158 Å². The van der Waals surface area contributed by atoms with E-state index in [0.29, 0.717) is 0 Å². The molecule has 0 unspecified atom stereocenters. The Morgan fingerprint density at radius 1 is 0.509 bits per heavy atom. The van der Waals surface area contributed by atoms with Gasteiger partial charge in [0.2, 0.25) is 0 Å². The first-order valence-electron chi connectivity index (χ1n) is 18.6. The number of hydrogen-bond donors (Lipinski definition) is 0. The van der Waals surface area contributed by atoms with E-state index in [-0.39, 0.29) is 33.0 Å². The summed E-state index contributed by atoms with van der Waals surface area (Å²) in [5.41, 5.74) is 3.08. The Labute approximate surface area is 345 Å². The molecule has 0 aromatic heterocycles. The number of amidine groups is 2. The molecule has 0 saturated heterocycles. The van der Waals surface area contributed by atoms with Crippen LogP contribution in [0.1, 0.15) is 147 Å². The molecule has 0 amide bonds. The molecule has 53 heavy (non-hydrogen) atoms. The van der Waals surface area contributed by atoms with Gasteiger partial charge in [0, 0.05) is 0 Å². The van der Waals surface area contributed by atoms with Gasteiger partial charge in [-0.1, -0.05) is 0 Å². The summed E-state index contributed by atoms with van der Waals surface area (Å²) in [6.07, 6.45) is 0. The molecular weight excluding hydrogens is 842 g/mol. The molecule has 3 aromatic carbocycles. The number of rotatable bonds is 8. The number of aliphatic imine (C=N–C) groups is 2. The number of hydrogen-bond acceptors (Lipinski definition) is 4. The average Bonchev–Trinajstić information content (AvgIpc) is 2.98. The Morgan fingerprint density at radius 2 is 0.811 bits per heavy atom. The normalized spacial score (nSPS) is 13.9. The van der Waals surface area contributed by atoms with E-state index in [4.69, 9.17) is 17.5 Å². The third-order valence-corrected chi connectivity index (χ3v) is 14.4. The minimum atomic E-state index is -1.25. The summed E-state index contributed by atoms with van der Waals surface area (Å²) in [6.45, 7) is 39.9. The van der Waals surface area contributed by atoms with Crippen LogP contribution in [0.4, 0.5) is 0 Å². The molecule has 0 atom stereocenters. The van der Waals surface area contributed by atoms with Crippen molar-refractivity contribution in [1.29, 1.82) is 0 Å². The molecule has 0 aliphatic heterocycles. The molecule has 0 spiro atoms. The third kappa shape index (κ3) is 12.9. The van der Waals surface area contributed by atoms with Crippen molar-refractivity contribution in [3.63, 3.8) is 0 Å². The Morgan fingerprint density at radius 3 is 1.06 bits per heavy atom. The molecular formula is C44H65BrGe2N4O2. The topological polar surface area (TPSA) is 49.7 Å². The molecule has 9 heteroatoms. The minimum absolute atomic E-state index is 0.190. The van der Waals surface area contributed by atoms with Gasteiger partial charge in [-0.15, -0.1) is 0 Å². The van der Waals surface area contributed by atoms with Gasteiger partial charge in [-0.25, -0.2) is 0 Å². The van der Waals surface area contributed by atoms with Crippen molar-refractivity contribution in [2.75, 3.05) is 0 Å². The summed E-state index contributed by atoms with van der Waals surface area (Å²) >= 11 is 1.62. The van der Waals surface area contributed by atoms with E-state index in [1.54, 1.807) is 0 Å². The van der Waals surface area contributed by atoms with Crippen LogP contribution in [0, 0.1) is 0 Å². The zero-order valence-electron chi connectivity index (χ0n) is 35.8. The molecule has 3 aromatic rings. The van der Waals surface area contributed by atoms with Crippen molar-refractivity contribution in [1.82, 2.24) is 7.71 Å². The molecule has 0 aliphatic carbocycles. The van der Waals surface area contributed by atoms with E-state index >= 15 is 0 Å². The van der Waals surface area contributed by atoms with Crippen LogP contribution in [0.2, 0.25) is 0 Å². The van der Waals surface area contributed by atoms with E-state index in [1.165, 1.54) is 0 Å². The number of nitrogens with zero attached hydrogens (tertiary/aromatic N) is 4. The van der Waals surface area contributed by atoms with Gasteiger partial charge in [0.25, 0.3) is 0 Å². The van der Waals surface area contributed by atoms with Gasteiger partial charge in [-0.2, -0.15) is 0 Å². The second kappa shape index (κ2) is 16.9. The Bertz CT molecular complexity index is 1610. The first-order chi connectivity index (χ1) is 24.0. The fraction of sp³-hybridized carbons (Fsp3) is 0.545. The van der Waals surface area contributed by atoms with Gasteiger partial charge in [0.1, 0.15) is 0 Å². The van der Waals surface area contributed by atoms with Crippen LogP contribution in [0.3, 0.4) is 0 Å². The Kier molecular flexibility index (Phi) is 14.4. The monoisotopic (exact) mass is 908 g/mol. The van der Waals surface area contributed by atoms with Crippen LogP contribution in [0.25, 0.3) is 0 Å². The Balaban J connectivity index is 2.25. The fourth-order valence-electron chi connectivity index (χ4n) is 5.40. The first kappa shape index (κ1) is 45.2. The van der Waals surface area contributed by atoms with E-state index in [1.807, 2.05) is 0 Å². The van der Waals surface area contributed by atoms with E-state index in [9.17, 15) is 0 Å². The average molecular weight is 907 g/mol. The summed E-state index contributed by atoms with van der Waals surface area (Å²) in [7, 11) is 0. The molecule has 4 radical (unpaired) electrons. The molecule has 0 fully saturated rings. The Hall–Kier alpha value is -2.23. The van der Waals surface area contributed by atoms with Crippen molar-refractivity contribution >= 4 is 59.6 Å².